The van der Waals surface area contributed by atoms with Crippen molar-refractivity contribution in [3.63, 3.8) is 0 Å². The average Bonchev–Trinajstić information content (AvgIpc) is 3.66. The van der Waals surface area contributed by atoms with Crippen LogP contribution in [0.2, 0.25) is 0 Å². The fraction of sp³-hybridized carbons (Fsp3) is 0. The van der Waals surface area contributed by atoms with Gasteiger partial charge in [0.15, 0.2) is 5.82 Å². The number of furan rings is 1. The first-order chi connectivity index (χ1) is 22.8. The largest absolute Gasteiger partial charge is 0.456 e. The third-order valence-electron chi connectivity index (χ3n) is 9.16. The van der Waals surface area contributed by atoms with Gasteiger partial charge in [0.1, 0.15) is 16.9 Å². The first-order valence-electron chi connectivity index (χ1n) is 15.5. The maximum absolute atomic E-state index is 6.35. The van der Waals surface area contributed by atoms with Gasteiger partial charge >= 0.3 is 0 Å². The maximum atomic E-state index is 6.35. The molecule has 0 radical (unpaired) electrons. The fourth-order valence-corrected chi connectivity index (χ4v) is 7.12. The van der Waals surface area contributed by atoms with E-state index in [1.54, 1.807) is 0 Å². The minimum absolute atomic E-state index is 0.803. The Bertz CT molecular complexity index is 2810. The molecule has 0 unspecified atom stereocenters. The summed E-state index contributed by atoms with van der Waals surface area (Å²) in [6.07, 6.45) is 0. The van der Waals surface area contributed by atoms with Crippen molar-refractivity contribution in [3.05, 3.63) is 152 Å². The topological polar surface area (TPSA) is 43.9 Å². The van der Waals surface area contributed by atoms with E-state index in [4.69, 9.17) is 14.4 Å². The molecule has 0 bridgehead atoms. The summed E-state index contributed by atoms with van der Waals surface area (Å²) in [6, 6.07) is 53.0. The molecule has 0 aliphatic heterocycles. The van der Waals surface area contributed by atoms with Crippen molar-refractivity contribution in [2.75, 3.05) is 0 Å². The number of benzene rings is 7. The van der Waals surface area contributed by atoms with Crippen LogP contribution < -0.4 is 0 Å². The van der Waals surface area contributed by atoms with Crippen LogP contribution in [0.3, 0.4) is 0 Å². The zero-order valence-electron chi connectivity index (χ0n) is 24.7. The summed E-state index contributed by atoms with van der Waals surface area (Å²) in [6.45, 7) is 0. The van der Waals surface area contributed by atoms with Crippen molar-refractivity contribution in [3.8, 4) is 28.2 Å². The molecule has 4 nitrogen and oxygen atoms in total. The van der Waals surface area contributed by atoms with Gasteiger partial charge in [0.25, 0.3) is 0 Å². The first-order valence-corrected chi connectivity index (χ1v) is 15.5. The van der Waals surface area contributed by atoms with Crippen molar-refractivity contribution in [1.29, 1.82) is 0 Å². The minimum Gasteiger partial charge on any atom is -0.456 e. The molecule has 46 heavy (non-hydrogen) atoms. The van der Waals surface area contributed by atoms with Crippen LogP contribution in [0.15, 0.2) is 156 Å². The molecule has 0 aliphatic rings. The molecule has 7 aromatic carbocycles. The van der Waals surface area contributed by atoms with E-state index < -0.39 is 0 Å². The highest BCUT2D eigenvalue weighted by atomic mass is 16.3. The van der Waals surface area contributed by atoms with E-state index >= 15 is 0 Å². The Kier molecular flexibility index (Phi) is 5.25. The van der Waals surface area contributed by atoms with Gasteiger partial charge in [0.05, 0.1) is 22.1 Å². The third-order valence-corrected chi connectivity index (χ3v) is 9.16. The van der Waals surface area contributed by atoms with Gasteiger partial charge in [-0.05, 0) is 52.7 Å². The summed E-state index contributed by atoms with van der Waals surface area (Å²) >= 11 is 0. The Hall–Kier alpha value is -6.26. The predicted octanol–water partition coefficient (Wildman–Crippen LogP) is 11.1. The molecule has 4 heteroatoms. The zero-order valence-corrected chi connectivity index (χ0v) is 24.7. The molecule has 0 saturated carbocycles. The Labute approximate surface area is 263 Å². The predicted molar refractivity (Wildman–Crippen MR) is 190 cm³/mol. The van der Waals surface area contributed by atoms with Gasteiger partial charge in [-0.1, -0.05) is 115 Å². The number of hydrogen-bond acceptors (Lipinski definition) is 3. The maximum Gasteiger partial charge on any atom is 0.165 e. The molecule has 10 rings (SSSR count). The van der Waals surface area contributed by atoms with Crippen molar-refractivity contribution >= 4 is 65.6 Å². The Morgan fingerprint density at radius 2 is 1.13 bits per heavy atom. The van der Waals surface area contributed by atoms with E-state index in [9.17, 15) is 0 Å². The molecule has 0 N–H and O–H groups in total. The number of fused-ring (bicyclic) bond motifs is 8. The Balaban J connectivity index is 1.42. The second kappa shape index (κ2) is 9.62. The Morgan fingerprint density at radius 1 is 0.478 bits per heavy atom. The van der Waals surface area contributed by atoms with Gasteiger partial charge in [-0.15, -0.1) is 0 Å². The van der Waals surface area contributed by atoms with E-state index in [0.29, 0.717) is 0 Å². The third kappa shape index (κ3) is 3.61. The van der Waals surface area contributed by atoms with E-state index in [1.807, 2.05) is 42.5 Å². The van der Waals surface area contributed by atoms with Crippen molar-refractivity contribution in [2.24, 2.45) is 0 Å². The van der Waals surface area contributed by atoms with Gasteiger partial charge in [-0.2, -0.15) is 0 Å². The summed E-state index contributed by atoms with van der Waals surface area (Å²) in [5.41, 5.74) is 9.76. The summed E-state index contributed by atoms with van der Waals surface area (Å²) in [5, 5.41) is 6.94. The molecule has 0 amide bonds. The molecule has 0 spiro atoms. The van der Waals surface area contributed by atoms with Gasteiger partial charge < -0.3 is 4.42 Å². The summed E-state index contributed by atoms with van der Waals surface area (Å²) in [7, 11) is 0. The van der Waals surface area contributed by atoms with Crippen LogP contribution in [0.1, 0.15) is 0 Å². The van der Waals surface area contributed by atoms with E-state index in [0.717, 1.165) is 77.6 Å². The molecular weight excluding hydrogens is 562 g/mol. The molecule has 0 saturated heterocycles. The standard InChI is InChI=1S/C42H25N3O/c1-2-12-26(13-3-1)40-42(44-35-21-8-7-20-34(35)43-40)45-36-25-28-15-5-4-14-27(28)24-33(36)31-19-10-18-30(41(31)45)29-17-11-23-38-39(29)32-16-6-9-22-37(32)46-38/h1-25H. The lowest BCUT2D eigenvalue weighted by atomic mass is 9.97. The van der Waals surface area contributed by atoms with E-state index in [2.05, 4.69) is 114 Å². The van der Waals surface area contributed by atoms with Crippen LogP contribution in [0.25, 0.3) is 93.8 Å². The number of para-hydroxylation sites is 4. The quantitative estimate of drug-likeness (QED) is 0.207. The number of hydrogen-bond donors (Lipinski definition) is 0. The van der Waals surface area contributed by atoms with E-state index in [1.165, 1.54) is 16.2 Å². The molecule has 214 valence electrons. The summed E-state index contributed by atoms with van der Waals surface area (Å²) in [4.78, 5) is 10.7. The monoisotopic (exact) mass is 587 g/mol. The van der Waals surface area contributed by atoms with Gasteiger partial charge in [0, 0.05) is 32.7 Å². The smallest absolute Gasteiger partial charge is 0.165 e. The number of rotatable bonds is 3. The van der Waals surface area contributed by atoms with Crippen molar-refractivity contribution in [1.82, 2.24) is 14.5 Å². The normalized spacial score (nSPS) is 11.9. The highest BCUT2D eigenvalue weighted by Crippen LogP contribution is 2.44. The van der Waals surface area contributed by atoms with Crippen LogP contribution in [0.5, 0.6) is 0 Å². The molecule has 0 fully saturated rings. The number of nitrogens with zero attached hydrogens (tertiary/aromatic N) is 3. The summed E-state index contributed by atoms with van der Waals surface area (Å²) in [5.74, 6) is 0.803. The lowest BCUT2D eigenvalue weighted by molar-refractivity contribution is 0.669. The molecular formula is C42H25N3O. The van der Waals surface area contributed by atoms with E-state index in [-0.39, 0.29) is 0 Å². The van der Waals surface area contributed by atoms with Gasteiger partial charge in [-0.25, -0.2) is 9.97 Å². The lowest BCUT2D eigenvalue weighted by Crippen LogP contribution is -2.04. The van der Waals surface area contributed by atoms with Crippen LogP contribution in [-0.2, 0) is 0 Å². The second-order valence-corrected chi connectivity index (χ2v) is 11.8. The fourth-order valence-electron chi connectivity index (χ4n) is 7.12. The van der Waals surface area contributed by atoms with Crippen LogP contribution in [-0.4, -0.2) is 14.5 Å². The lowest BCUT2D eigenvalue weighted by Gasteiger charge is -2.16. The Morgan fingerprint density at radius 3 is 2.00 bits per heavy atom. The zero-order chi connectivity index (χ0) is 30.2. The highest BCUT2D eigenvalue weighted by molar-refractivity contribution is 6.20. The van der Waals surface area contributed by atoms with Crippen molar-refractivity contribution < 1.29 is 4.42 Å². The average molecular weight is 588 g/mol. The SMILES string of the molecule is c1ccc(-c2nc3ccccc3nc2-n2c3cc4ccccc4cc3c3cccc(-c4cccc5oc6ccccc6c45)c32)cc1. The summed E-state index contributed by atoms with van der Waals surface area (Å²) < 4.78 is 8.69. The molecule has 10 aromatic rings. The molecule has 0 aliphatic carbocycles. The van der Waals surface area contributed by atoms with Gasteiger partial charge in [-0.3, -0.25) is 4.57 Å². The molecule has 3 aromatic heterocycles. The van der Waals surface area contributed by atoms with Gasteiger partial charge in [0.2, 0.25) is 0 Å². The molecule has 3 heterocycles. The first kappa shape index (κ1) is 25.1. The second-order valence-electron chi connectivity index (χ2n) is 11.8. The van der Waals surface area contributed by atoms with Crippen molar-refractivity contribution in [2.45, 2.75) is 0 Å². The van der Waals surface area contributed by atoms with Crippen LogP contribution >= 0.6 is 0 Å². The highest BCUT2D eigenvalue weighted by Gasteiger charge is 2.23. The minimum atomic E-state index is 0.803. The van der Waals surface area contributed by atoms with Crippen LogP contribution in [0, 0.1) is 0 Å². The van der Waals surface area contributed by atoms with Crippen LogP contribution in [0.4, 0.5) is 0 Å². The number of aromatic nitrogens is 3. The molecule has 0 atom stereocenters.